The summed E-state index contributed by atoms with van der Waals surface area (Å²) in [5.74, 6) is 0.605. The smallest absolute Gasteiger partial charge is 0.275 e. The molecule has 25 heavy (non-hydrogen) atoms. The lowest BCUT2D eigenvalue weighted by molar-refractivity contribution is 0.483. The van der Waals surface area contributed by atoms with Crippen LogP contribution in [-0.2, 0) is 9.84 Å². The van der Waals surface area contributed by atoms with Crippen LogP contribution in [0.2, 0.25) is 0 Å². The van der Waals surface area contributed by atoms with Crippen molar-refractivity contribution in [3.63, 3.8) is 0 Å². The van der Waals surface area contributed by atoms with Gasteiger partial charge in [-0.2, -0.15) is 0 Å². The number of aliphatic imine (C=N–C) groups is 1. The maximum absolute atomic E-state index is 12.6. The molecule has 1 aromatic carbocycles. The lowest BCUT2D eigenvalue weighted by Crippen LogP contribution is -2.25. The van der Waals surface area contributed by atoms with Crippen molar-refractivity contribution in [2.45, 2.75) is 39.2 Å². The van der Waals surface area contributed by atoms with Gasteiger partial charge in [0.2, 0.25) is 0 Å². The first-order valence-electron chi connectivity index (χ1n) is 8.42. The fourth-order valence-corrected chi connectivity index (χ4v) is 4.75. The minimum absolute atomic E-state index is 0.0140. The quantitative estimate of drug-likeness (QED) is 0.850. The number of hydrogen-bond donors (Lipinski definition) is 1. The summed E-state index contributed by atoms with van der Waals surface area (Å²) in [6.45, 7) is 6.06. The molecule has 0 saturated carbocycles. The van der Waals surface area contributed by atoms with Crippen LogP contribution in [0.3, 0.4) is 0 Å². The standard InChI is InChI=1S/C18H23N3O3S/c1-12(2)14-4-6-15(7-5-14)19-10-17-13(3)20-21(18(17)22)16-8-9-25(23,24)11-16/h4-7,10,12,16,20H,8-9,11H2,1-3H3/t16-/m1/s1. The number of nitrogens with zero attached hydrogens (tertiary/aromatic N) is 2. The molecule has 1 N–H and O–H groups in total. The first-order chi connectivity index (χ1) is 11.8. The van der Waals surface area contributed by atoms with Gasteiger partial charge in [0.25, 0.3) is 5.56 Å². The van der Waals surface area contributed by atoms with Crippen molar-refractivity contribution in [3.8, 4) is 0 Å². The van der Waals surface area contributed by atoms with E-state index in [0.717, 1.165) is 5.69 Å². The van der Waals surface area contributed by atoms with Gasteiger partial charge in [-0.25, -0.2) is 13.1 Å². The fourth-order valence-electron chi connectivity index (χ4n) is 3.05. The van der Waals surface area contributed by atoms with Gasteiger partial charge in [0, 0.05) is 11.9 Å². The van der Waals surface area contributed by atoms with Gasteiger partial charge in [-0.05, 0) is 37.0 Å². The van der Waals surface area contributed by atoms with E-state index in [1.807, 2.05) is 24.3 Å². The highest BCUT2D eigenvalue weighted by atomic mass is 32.2. The molecule has 1 saturated heterocycles. The molecule has 134 valence electrons. The first-order valence-corrected chi connectivity index (χ1v) is 10.2. The number of H-pyrrole nitrogens is 1. The van der Waals surface area contributed by atoms with Gasteiger partial charge in [-0.3, -0.25) is 14.9 Å². The van der Waals surface area contributed by atoms with Crippen LogP contribution in [0, 0.1) is 6.92 Å². The molecule has 0 unspecified atom stereocenters. The Bertz CT molecular complexity index is 950. The maximum atomic E-state index is 12.6. The lowest BCUT2D eigenvalue weighted by atomic mass is 10.0. The Morgan fingerprint density at radius 2 is 1.96 bits per heavy atom. The number of aryl methyl sites for hydroxylation is 1. The lowest BCUT2D eigenvalue weighted by Gasteiger charge is -2.07. The monoisotopic (exact) mass is 361 g/mol. The summed E-state index contributed by atoms with van der Waals surface area (Å²) in [7, 11) is -3.04. The number of aromatic nitrogens is 2. The molecule has 6 nitrogen and oxygen atoms in total. The van der Waals surface area contributed by atoms with Gasteiger partial charge in [0.15, 0.2) is 9.84 Å². The Kier molecular flexibility index (Phi) is 4.69. The molecule has 0 radical (unpaired) electrons. The highest BCUT2D eigenvalue weighted by Gasteiger charge is 2.31. The third-order valence-corrected chi connectivity index (χ3v) is 6.37. The van der Waals surface area contributed by atoms with E-state index in [-0.39, 0.29) is 23.1 Å². The molecule has 1 aliphatic rings. The van der Waals surface area contributed by atoms with E-state index >= 15 is 0 Å². The molecule has 0 bridgehead atoms. The van der Waals surface area contributed by atoms with E-state index in [9.17, 15) is 13.2 Å². The van der Waals surface area contributed by atoms with Crippen molar-refractivity contribution in [2.24, 2.45) is 4.99 Å². The number of rotatable bonds is 4. The number of benzene rings is 1. The molecule has 1 fully saturated rings. The zero-order valence-electron chi connectivity index (χ0n) is 14.7. The summed E-state index contributed by atoms with van der Waals surface area (Å²) in [4.78, 5) is 17.0. The minimum atomic E-state index is -3.04. The van der Waals surface area contributed by atoms with E-state index in [2.05, 4.69) is 23.9 Å². The number of hydrogen-bond acceptors (Lipinski definition) is 4. The normalized spacial score (nSPS) is 19.9. The van der Waals surface area contributed by atoms with Crippen molar-refractivity contribution >= 4 is 21.7 Å². The SMILES string of the molecule is Cc1[nH]n([C@@H]2CCS(=O)(=O)C2)c(=O)c1C=Nc1ccc(C(C)C)cc1. The highest BCUT2D eigenvalue weighted by molar-refractivity contribution is 7.91. The molecule has 1 aliphatic heterocycles. The van der Waals surface area contributed by atoms with Crippen molar-refractivity contribution in [1.82, 2.24) is 9.78 Å². The molecule has 3 rings (SSSR count). The molecule has 1 atom stereocenters. The van der Waals surface area contributed by atoms with E-state index in [1.54, 1.807) is 13.1 Å². The maximum Gasteiger partial charge on any atom is 0.275 e. The number of nitrogens with one attached hydrogen (secondary N) is 1. The van der Waals surface area contributed by atoms with Crippen LogP contribution in [0.15, 0.2) is 34.1 Å². The average Bonchev–Trinajstić information content (AvgIpc) is 3.05. The highest BCUT2D eigenvalue weighted by Crippen LogP contribution is 2.22. The predicted molar refractivity (Wildman–Crippen MR) is 99.9 cm³/mol. The van der Waals surface area contributed by atoms with Gasteiger partial charge in [-0.15, -0.1) is 0 Å². The first kappa shape index (κ1) is 17.7. The molecule has 0 amide bonds. The van der Waals surface area contributed by atoms with Crippen LogP contribution in [0.4, 0.5) is 5.69 Å². The van der Waals surface area contributed by atoms with Crippen molar-refractivity contribution in [3.05, 3.63) is 51.4 Å². The van der Waals surface area contributed by atoms with Gasteiger partial charge >= 0.3 is 0 Å². The third kappa shape index (κ3) is 3.76. The molecular weight excluding hydrogens is 338 g/mol. The molecule has 0 aliphatic carbocycles. The summed E-state index contributed by atoms with van der Waals surface area (Å²) < 4.78 is 24.7. The molecular formula is C18H23N3O3S. The zero-order chi connectivity index (χ0) is 18.2. The Morgan fingerprint density at radius 3 is 2.52 bits per heavy atom. The summed E-state index contributed by atoms with van der Waals surface area (Å²) in [5, 5.41) is 3.00. The molecule has 1 aromatic heterocycles. The average molecular weight is 361 g/mol. The van der Waals surface area contributed by atoms with Crippen LogP contribution < -0.4 is 5.56 Å². The Morgan fingerprint density at radius 1 is 1.28 bits per heavy atom. The van der Waals surface area contributed by atoms with Crippen LogP contribution in [0.5, 0.6) is 0 Å². The van der Waals surface area contributed by atoms with E-state index < -0.39 is 9.84 Å². The minimum Gasteiger partial charge on any atom is -0.299 e. The van der Waals surface area contributed by atoms with Crippen LogP contribution in [0.25, 0.3) is 0 Å². The third-order valence-electron chi connectivity index (χ3n) is 4.62. The zero-order valence-corrected chi connectivity index (χ0v) is 15.5. The van der Waals surface area contributed by atoms with Crippen LogP contribution >= 0.6 is 0 Å². The summed E-state index contributed by atoms with van der Waals surface area (Å²) in [6.07, 6.45) is 2.02. The largest absolute Gasteiger partial charge is 0.299 e. The van der Waals surface area contributed by atoms with Gasteiger partial charge in [-0.1, -0.05) is 26.0 Å². The van der Waals surface area contributed by atoms with Crippen LogP contribution in [-0.4, -0.2) is 35.9 Å². The van der Waals surface area contributed by atoms with E-state index in [1.165, 1.54) is 10.2 Å². The van der Waals surface area contributed by atoms with Crippen molar-refractivity contribution in [1.29, 1.82) is 0 Å². The second-order valence-electron chi connectivity index (χ2n) is 6.89. The Balaban J connectivity index is 1.85. The van der Waals surface area contributed by atoms with E-state index in [0.29, 0.717) is 23.6 Å². The predicted octanol–water partition coefficient (Wildman–Crippen LogP) is 2.72. The summed E-state index contributed by atoms with van der Waals surface area (Å²) >= 11 is 0. The Labute approximate surface area is 147 Å². The van der Waals surface area contributed by atoms with Crippen molar-refractivity contribution < 1.29 is 8.42 Å². The number of sulfone groups is 1. The Hall–Kier alpha value is -2.15. The molecule has 0 spiro atoms. The van der Waals surface area contributed by atoms with E-state index in [4.69, 9.17) is 0 Å². The molecule has 2 aromatic rings. The van der Waals surface area contributed by atoms with Gasteiger partial charge < -0.3 is 0 Å². The second kappa shape index (κ2) is 6.63. The molecule has 7 heteroatoms. The fraction of sp³-hybridized carbons (Fsp3) is 0.444. The van der Waals surface area contributed by atoms with Gasteiger partial charge in [0.1, 0.15) is 0 Å². The molecule has 2 heterocycles. The topological polar surface area (TPSA) is 84.3 Å². The van der Waals surface area contributed by atoms with Crippen molar-refractivity contribution in [2.75, 3.05) is 11.5 Å². The summed E-state index contributed by atoms with van der Waals surface area (Å²) in [5.41, 5.74) is 2.96. The summed E-state index contributed by atoms with van der Waals surface area (Å²) in [6, 6.07) is 7.60. The van der Waals surface area contributed by atoms with Gasteiger partial charge in [0.05, 0.1) is 28.8 Å². The second-order valence-corrected chi connectivity index (χ2v) is 9.12. The van der Waals surface area contributed by atoms with Crippen LogP contribution in [0.1, 0.15) is 49.0 Å². The number of aromatic amines is 1.